The average molecular weight is 468 g/mol. The number of thioether (sulfide) groups is 1. The van der Waals surface area contributed by atoms with E-state index in [9.17, 15) is 14.4 Å². The number of carbonyl (C=O) groups excluding carboxylic acids is 3. The van der Waals surface area contributed by atoms with Gasteiger partial charge in [0.15, 0.2) is 0 Å². The van der Waals surface area contributed by atoms with Gasteiger partial charge in [-0.15, -0.1) is 0 Å². The summed E-state index contributed by atoms with van der Waals surface area (Å²) in [7, 11) is 0. The van der Waals surface area contributed by atoms with Crippen LogP contribution < -0.4 is 10.9 Å². The summed E-state index contributed by atoms with van der Waals surface area (Å²) in [5.74, 6) is -0.845. The molecule has 3 amide bonds. The fourth-order valence-electron chi connectivity index (χ4n) is 3.18. The van der Waals surface area contributed by atoms with Crippen molar-refractivity contribution in [1.82, 2.24) is 15.8 Å². The monoisotopic (exact) mass is 467 g/mol. The van der Waals surface area contributed by atoms with Crippen molar-refractivity contribution in [1.29, 1.82) is 0 Å². The Balaban J connectivity index is 1.47. The molecular formula is C24H25N3O3S2. The third kappa shape index (κ3) is 6.05. The number of benzene rings is 2. The Hall–Kier alpha value is -2.97. The maximum absolute atomic E-state index is 12.7. The Morgan fingerprint density at radius 3 is 2.50 bits per heavy atom. The molecule has 1 aliphatic rings. The molecule has 2 aromatic rings. The van der Waals surface area contributed by atoms with Crippen LogP contribution in [0.25, 0.3) is 6.08 Å². The number of hydrazine groups is 1. The number of amides is 3. The Morgan fingerprint density at radius 2 is 1.81 bits per heavy atom. The highest BCUT2D eigenvalue weighted by Crippen LogP contribution is 2.32. The first-order valence-electron chi connectivity index (χ1n) is 10.4. The minimum atomic E-state index is -0.370. The number of thiocarbonyl (C=S) groups is 1. The number of aryl methyl sites for hydroxylation is 2. The molecule has 8 heteroatoms. The molecule has 1 fully saturated rings. The minimum absolute atomic E-state index is 0.146. The first kappa shape index (κ1) is 23.7. The summed E-state index contributed by atoms with van der Waals surface area (Å²) in [5.41, 5.74) is 8.35. The molecule has 0 aromatic heterocycles. The smallest absolute Gasteiger partial charge is 0.269 e. The van der Waals surface area contributed by atoms with Crippen LogP contribution in [0.4, 0.5) is 0 Å². The largest absolute Gasteiger partial charge is 0.293 e. The molecule has 32 heavy (non-hydrogen) atoms. The van der Waals surface area contributed by atoms with E-state index in [1.165, 1.54) is 22.2 Å². The lowest BCUT2D eigenvalue weighted by Gasteiger charge is -2.14. The van der Waals surface area contributed by atoms with Gasteiger partial charge in [-0.25, -0.2) is 0 Å². The summed E-state index contributed by atoms with van der Waals surface area (Å²) >= 11 is 6.62. The van der Waals surface area contributed by atoms with Gasteiger partial charge in [0, 0.05) is 18.5 Å². The van der Waals surface area contributed by atoms with Crippen molar-refractivity contribution in [2.45, 2.75) is 33.1 Å². The maximum Gasteiger partial charge on any atom is 0.269 e. The van der Waals surface area contributed by atoms with Crippen molar-refractivity contribution in [2.75, 3.05) is 6.54 Å². The van der Waals surface area contributed by atoms with E-state index in [1.807, 2.05) is 49.4 Å². The second kappa shape index (κ2) is 11.1. The topological polar surface area (TPSA) is 78.5 Å². The number of nitrogens with zero attached hydrogens (tertiary/aromatic N) is 1. The molecule has 1 saturated heterocycles. The summed E-state index contributed by atoms with van der Waals surface area (Å²) < 4.78 is 0.486. The lowest BCUT2D eigenvalue weighted by atomic mass is 10.1. The minimum Gasteiger partial charge on any atom is -0.293 e. The van der Waals surface area contributed by atoms with Crippen molar-refractivity contribution in [2.24, 2.45) is 0 Å². The van der Waals surface area contributed by atoms with Crippen molar-refractivity contribution in [3.63, 3.8) is 0 Å². The lowest BCUT2D eigenvalue weighted by molar-refractivity contribution is -0.124. The van der Waals surface area contributed by atoms with Gasteiger partial charge in [0.1, 0.15) is 4.32 Å². The fraction of sp³-hybridized carbons (Fsp3) is 0.250. The molecule has 1 aliphatic heterocycles. The second-order valence-corrected chi connectivity index (χ2v) is 9.03. The predicted octanol–water partition coefficient (Wildman–Crippen LogP) is 4.00. The number of hydrogen-bond donors (Lipinski definition) is 2. The second-order valence-electron chi connectivity index (χ2n) is 7.35. The quantitative estimate of drug-likeness (QED) is 0.366. The van der Waals surface area contributed by atoms with E-state index in [4.69, 9.17) is 12.2 Å². The van der Waals surface area contributed by atoms with Crippen LogP contribution in [0.15, 0.2) is 53.4 Å². The van der Waals surface area contributed by atoms with Gasteiger partial charge in [0.25, 0.3) is 11.8 Å². The molecule has 2 aromatic carbocycles. The highest BCUT2D eigenvalue weighted by molar-refractivity contribution is 8.26. The zero-order valence-corrected chi connectivity index (χ0v) is 19.6. The van der Waals surface area contributed by atoms with Gasteiger partial charge in [-0.2, -0.15) is 0 Å². The number of carbonyl (C=O) groups is 3. The summed E-state index contributed by atoms with van der Waals surface area (Å²) in [4.78, 5) is 39.0. The molecule has 0 atom stereocenters. The third-order valence-electron chi connectivity index (χ3n) is 5.05. The SMILES string of the molecule is CCc1ccc(C=C2SC(=S)N(CCCC(=O)NNC(=O)c3ccccc3C)C2=O)cc1. The van der Waals surface area contributed by atoms with Gasteiger partial charge in [-0.05, 0) is 48.6 Å². The first-order valence-corrected chi connectivity index (χ1v) is 11.6. The Kier molecular flexibility index (Phi) is 8.19. The van der Waals surface area contributed by atoms with Crippen LogP contribution in [0.1, 0.15) is 46.8 Å². The van der Waals surface area contributed by atoms with Gasteiger partial charge >= 0.3 is 0 Å². The molecule has 2 N–H and O–H groups in total. The normalized spacial score (nSPS) is 14.7. The zero-order valence-electron chi connectivity index (χ0n) is 18.0. The van der Waals surface area contributed by atoms with Crippen LogP contribution in [-0.4, -0.2) is 33.5 Å². The van der Waals surface area contributed by atoms with E-state index in [0.29, 0.717) is 27.8 Å². The van der Waals surface area contributed by atoms with Gasteiger partial charge < -0.3 is 0 Å². The summed E-state index contributed by atoms with van der Waals surface area (Å²) in [6.45, 7) is 4.27. The molecular weight excluding hydrogens is 442 g/mol. The van der Waals surface area contributed by atoms with Crippen molar-refractivity contribution in [3.8, 4) is 0 Å². The summed E-state index contributed by atoms with van der Waals surface area (Å²) in [6, 6.07) is 15.2. The molecule has 0 bridgehead atoms. The molecule has 0 unspecified atom stereocenters. The van der Waals surface area contributed by atoms with Gasteiger partial charge in [0.2, 0.25) is 5.91 Å². The third-order valence-corrected chi connectivity index (χ3v) is 6.43. The van der Waals surface area contributed by atoms with E-state index < -0.39 is 0 Å². The molecule has 166 valence electrons. The van der Waals surface area contributed by atoms with Crippen LogP contribution in [0.5, 0.6) is 0 Å². The van der Waals surface area contributed by atoms with E-state index in [1.54, 1.807) is 12.1 Å². The Bertz CT molecular complexity index is 1060. The summed E-state index contributed by atoms with van der Waals surface area (Å²) in [5, 5.41) is 0. The maximum atomic E-state index is 12.7. The van der Waals surface area contributed by atoms with Gasteiger partial charge in [-0.1, -0.05) is 73.4 Å². The molecule has 1 heterocycles. The highest BCUT2D eigenvalue weighted by Gasteiger charge is 2.31. The van der Waals surface area contributed by atoms with E-state index in [0.717, 1.165) is 17.5 Å². The van der Waals surface area contributed by atoms with Gasteiger partial charge in [0.05, 0.1) is 4.91 Å². The number of nitrogens with one attached hydrogen (secondary N) is 2. The Labute approximate surface area is 197 Å². The average Bonchev–Trinajstić information content (AvgIpc) is 3.05. The van der Waals surface area contributed by atoms with Gasteiger partial charge in [-0.3, -0.25) is 30.1 Å². The fourth-order valence-corrected chi connectivity index (χ4v) is 4.48. The number of hydrogen-bond acceptors (Lipinski definition) is 5. The van der Waals surface area contributed by atoms with Crippen LogP contribution in [0.3, 0.4) is 0 Å². The molecule has 0 spiro atoms. The zero-order chi connectivity index (χ0) is 23.1. The predicted molar refractivity (Wildman–Crippen MR) is 132 cm³/mol. The standard InChI is InChI=1S/C24H25N3O3S2/c1-3-17-10-12-18(13-11-17)15-20-23(30)27(24(31)32-20)14-6-9-21(28)25-26-22(29)19-8-5-4-7-16(19)2/h4-5,7-8,10-13,15H,3,6,9,14H2,1-2H3,(H,25,28)(H,26,29). The van der Waals surface area contributed by atoms with Crippen LogP contribution >= 0.6 is 24.0 Å². The first-order chi connectivity index (χ1) is 15.4. The van der Waals surface area contributed by atoms with E-state index in [-0.39, 0.29) is 24.1 Å². The molecule has 0 saturated carbocycles. The van der Waals surface area contributed by atoms with Crippen molar-refractivity contribution >= 4 is 52.1 Å². The molecule has 0 aliphatic carbocycles. The van der Waals surface area contributed by atoms with E-state index >= 15 is 0 Å². The Morgan fingerprint density at radius 1 is 1.09 bits per heavy atom. The highest BCUT2D eigenvalue weighted by atomic mass is 32.2. The lowest BCUT2D eigenvalue weighted by Crippen LogP contribution is -2.42. The van der Waals surface area contributed by atoms with E-state index in [2.05, 4.69) is 17.8 Å². The molecule has 3 rings (SSSR count). The molecule has 6 nitrogen and oxygen atoms in total. The van der Waals surface area contributed by atoms with Crippen molar-refractivity contribution in [3.05, 3.63) is 75.7 Å². The summed E-state index contributed by atoms with van der Waals surface area (Å²) in [6.07, 6.45) is 3.39. The van der Waals surface area contributed by atoms with Crippen molar-refractivity contribution < 1.29 is 14.4 Å². The molecule has 0 radical (unpaired) electrons. The van der Waals surface area contributed by atoms with Crippen LogP contribution in [0.2, 0.25) is 0 Å². The number of rotatable bonds is 7. The van der Waals surface area contributed by atoms with Crippen LogP contribution in [-0.2, 0) is 16.0 Å². The van der Waals surface area contributed by atoms with Crippen LogP contribution in [0, 0.1) is 6.92 Å².